The number of hydrogen-bond acceptors (Lipinski definition) is 8. The molecule has 152 valence electrons. The van der Waals surface area contributed by atoms with Crippen LogP contribution in [0.4, 0.5) is 5.82 Å². The Bertz CT molecular complexity index is 1060. The summed E-state index contributed by atoms with van der Waals surface area (Å²) >= 11 is 0. The van der Waals surface area contributed by atoms with E-state index in [0.29, 0.717) is 16.7 Å². The van der Waals surface area contributed by atoms with Crippen molar-refractivity contribution in [1.82, 2.24) is 19.5 Å². The lowest BCUT2D eigenvalue weighted by Gasteiger charge is -2.19. The second kappa shape index (κ2) is 7.95. The SMILES string of the molecule is CS(=O)[C@@H]1[C@H](O)[C@@H](CO)O[C@H]1n1cnc2c(NC(=O)c3ccccc3)ncnc21. The van der Waals surface area contributed by atoms with E-state index in [2.05, 4.69) is 20.3 Å². The predicted octanol–water partition coefficient (Wildman–Crippen LogP) is 0.0763. The minimum Gasteiger partial charge on any atom is -0.394 e. The molecule has 0 spiro atoms. The predicted molar refractivity (Wildman–Crippen MR) is 105 cm³/mol. The van der Waals surface area contributed by atoms with Gasteiger partial charge in [0.05, 0.1) is 12.9 Å². The van der Waals surface area contributed by atoms with E-state index in [1.165, 1.54) is 23.5 Å². The van der Waals surface area contributed by atoms with Crippen LogP contribution in [0.3, 0.4) is 0 Å². The first-order chi connectivity index (χ1) is 14.0. The monoisotopic (exact) mass is 417 g/mol. The van der Waals surface area contributed by atoms with Crippen molar-refractivity contribution in [3.05, 3.63) is 48.5 Å². The van der Waals surface area contributed by atoms with E-state index < -0.39 is 41.1 Å². The number of aromatic nitrogens is 4. The van der Waals surface area contributed by atoms with E-state index in [4.69, 9.17) is 4.74 Å². The highest BCUT2D eigenvalue weighted by atomic mass is 32.2. The molecule has 3 N–H and O–H groups in total. The maximum absolute atomic E-state index is 12.5. The molecule has 1 saturated heterocycles. The van der Waals surface area contributed by atoms with E-state index >= 15 is 0 Å². The fourth-order valence-electron chi connectivity index (χ4n) is 3.35. The Morgan fingerprint density at radius 3 is 2.72 bits per heavy atom. The number of rotatable bonds is 5. The summed E-state index contributed by atoms with van der Waals surface area (Å²) in [5.41, 5.74) is 1.13. The molecule has 0 radical (unpaired) electrons. The zero-order valence-corrected chi connectivity index (χ0v) is 16.2. The Hall–Kier alpha value is -2.73. The summed E-state index contributed by atoms with van der Waals surface area (Å²) in [5.74, 6) is -0.130. The molecule has 2 aromatic heterocycles. The van der Waals surface area contributed by atoms with Gasteiger partial charge in [-0.15, -0.1) is 0 Å². The number of amides is 1. The summed E-state index contributed by atoms with van der Waals surface area (Å²) in [6.45, 7) is -0.411. The van der Waals surface area contributed by atoms with Gasteiger partial charge >= 0.3 is 0 Å². The molecular weight excluding hydrogens is 398 g/mol. The summed E-state index contributed by atoms with van der Waals surface area (Å²) in [6.07, 6.45) is 1.34. The average molecular weight is 417 g/mol. The Labute approximate surface area is 168 Å². The molecular formula is C18H19N5O5S. The first-order valence-corrected chi connectivity index (χ1v) is 10.4. The number of carbonyl (C=O) groups excluding carboxylic acids is 1. The summed E-state index contributed by atoms with van der Waals surface area (Å²) in [7, 11) is -1.44. The standard InChI is InChI=1S/C18H19N5O5S/c1-29(27)14-13(25)11(7-24)28-18(14)23-9-21-12-15(19-8-20-16(12)23)22-17(26)10-5-3-2-4-6-10/h2-6,8-9,11,13-14,18,24-25H,7H2,1H3,(H,19,20,22,26)/t11-,13-,14-,18-,29?/m1/s1. The molecule has 1 unspecified atom stereocenters. The van der Waals surface area contributed by atoms with Gasteiger partial charge in [-0.1, -0.05) is 18.2 Å². The molecule has 3 heterocycles. The van der Waals surface area contributed by atoms with Crippen molar-refractivity contribution in [1.29, 1.82) is 0 Å². The van der Waals surface area contributed by atoms with Crippen LogP contribution >= 0.6 is 0 Å². The van der Waals surface area contributed by atoms with Gasteiger partial charge in [0, 0.05) is 22.6 Å². The second-order valence-electron chi connectivity index (χ2n) is 6.57. The number of fused-ring (bicyclic) bond motifs is 1. The molecule has 1 amide bonds. The van der Waals surface area contributed by atoms with Crippen molar-refractivity contribution in [3.63, 3.8) is 0 Å². The zero-order valence-electron chi connectivity index (χ0n) is 15.4. The fourth-order valence-corrected chi connectivity index (χ4v) is 4.44. The molecule has 1 aliphatic rings. The number of imidazole rings is 1. The van der Waals surface area contributed by atoms with E-state index in [0.717, 1.165) is 0 Å². The second-order valence-corrected chi connectivity index (χ2v) is 8.11. The zero-order chi connectivity index (χ0) is 20.5. The summed E-state index contributed by atoms with van der Waals surface area (Å²) in [5, 5.41) is 21.7. The molecule has 4 rings (SSSR count). The minimum absolute atomic E-state index is 0.217. The molecule has 11 heteroatoms. The molecule has 1 aromatic carbocycles. The number of carbonyl (C=O) groups is 1. The molecule has 0 aliphatic carbocycles. The van der Waals surface area contributed by atoms with Crippen LogP contribution < -0.4 is 5.32 Å². The lowest BCUT2D eigenvalue weighted by molar-refractivity contribution is -0.0430. The molecule has 3 aromatic rings. The van der Waals surface area contributed by atoms with Crippen LogP contribution in [0, 0.1) is 0 Å². The van der Waals surface area contributed by atoms with Crippen LogP contribution in [-0.2, 0) is 15.5 Å². The normalized spacial score (nSPS) is 25.2. The number of aliphatic hydroxyl groups is 2. The third-order valence-corrected chi connectivity index (χ3v) is 6.06. The highest BCUT2D eigenvalue weighted by molar-refractivity contribution is 7.85. The van der Waals surface area contributed by atoms with Gasteiger partial charge in [-0.3, -0.25) is 13.6 Å². The molecule has 0 saturated carbocycles. The Balaban J connectivity index is 1.69. The molecule has 5 atom stereocenters. The minimum atomic E-state index is -1.44. The first kappa shape index (κ1) is 19.6. The molecule has 29 heavy (non-hydrogen) atoms. The van der Waals surface area contributed by atoms with Crippen LogP contribution in [0.15, 0.2) is 43.0 Å². The molecule has 1 fully saturated rings. The molecule has 0 bridgehead atoms. The highest BCUT2D eigenvalue weighted by Gasteiger charge is 2.47. The largest absolute Gasteiger partial charge is 0.394 e. The van der Waals surface area contributed by atoms with Crippen molar-refractivity contribution in [2.24, 2.45) is 0 Å². The first-order valence-electron chi connectivity index (χ1n) is 8.81. The topological polar surface area (TPSA) is 139 Å². The van der Waals surface area contributed by atoms with Gasteiger partial charge in [0.15, 0.2) is 23.2 Å². The Morgan fingerprint density at radius 2 is 2.03 bits per heavy atom. The highest BCUT2D eigenvalue weighted by Crippen LogP contribution is 2.34. The van der Waals surface area contributed by atoms with Crippen LogP contribution in [-0.4, -0.2) is 70.2 Å². The summed E-state index contributed by atoms with van der Waals surface area (Å²) in [4.78, 5) is 25.0. The molecule has 10 nitrogen and oxygen atoms in total. The summed E-state index contributed by atoms with van der Waals surface area (Å²) < 4.78 is 19.4. The van der Waals surface area contributed by atoms with Gasteiger partial charge in [-0.2, -0.15) is 0 Å². The van der Waals surface area contributed by atoms with E-state index in [1.807, 2.05) is 6.07 Å². The van der Waals surface area contributed by atoms with Gasteiger partial charge in [0.25, 0.3) is 5.91 Å². The number of nitrogens with zero attached hydrogens (tertiary/aromatic N) is 4. The third kappa shape index (κ3) is 3.53. The maximum atomic E-state index is 12.5. The third-order valence-electron chi connectivity index (χ3n) is 4.78. The van der Waals surface area contributed by atoms with Crippen molar-refractivity contribution >= 4 is 33.7 Å². The average Bonchev–Trinajstić information content (AvgIpc) is 3.29. The number of hydrogen-bond donors (Lipinski definition) is 3. The van der Waals surface area contributed by atoms with E-state index in [9.17, 15) is 19.2 Å². The van der Waals surface area contributed by atoms with Gasteiger partial charge in [0.1, 0.15) is 23.8 Å². The Morgan fingerprint density at radius 1 is 1.28 bits per heavy atom. The lowest BCUT2D eigenvalue weighted by Crippen LogP contribution is -2.36. The number of aliphatic hydroxyl groups excluding tert-OH is 2. The van der Waals surface area contributed by atoms with E-state index in [1.54, 1.807) is 24.3 Å². The number of nitrogens with one attached hydrogen (secondary N) is 1. The fraction of sp³-hybridized carbons (Fsp3) is 0.333. The van der Waals surface area contributed by atoms with E-state index in [-0.39, 0.29) is 11.7 Å². The number of anilines is 1. The number of ether oxygens (including phenoxy) is 1. The quantitative estimate of drug-likeness (QED) is 0.530. The maximum Gasteiger partial charge on any atom is 0.256 e. The van der Waals surface area contributed by atoms with Crippen LogP contribution in [0.2, 0.25) is 0 Å². The van der Waals surface area contributed by atoms with Gasteiger partial charge in [0.2, 0.25) is 0 Å². The van der Waals surface area contributed by atoms with Crippen molar-refractivity contribution in [3.8, 4) is 0 Å². The van der Waals surface area contributed by atoms with Crippen LogP contribution in [0.1, 0.15) is 16.6 Å². The van der Waals surface area contributed by atoms with Gasteiger partial charge in [-0.25, -0.2) is 15.0 Å². The van der Waals surface area contributed by atoms with Crippen molar-refractivity contribution in [2.75, 3.05) is 18.2 Å². The molecule has 1 aliphatic heterocycles. The summed E-state index contributed by atoms with van der Waals surface area (Å²) in [6, 6.07) is 8.67. The van der Waals surface area contributed by atoms with Crippen molar-refractivity contribution in [2.45, 2.75) is 23.7 Å². The smallest absolute Gasteiger partial charge is 0.256 e. The van der Waals surface area contributed by atoms with Crippen LogP contribution in [0.5, 0.6) is 0 Å². The Kier molecular flexibility index (Phi) is 5.37. The van der Waals surface area contributed by atoms with Crippen LogP contribution in [0.25, 0.3) is 11.2 Å². The van der Waals surface area contributed by atoms with Gasteiger partial charge in [-0.05, 0) is 12.1 Å². The number of benzene rings is 1. The van der Waals surface area contributed by atoms with Crippen molar-refractivity contribution < 1.29 is 24.0 Å². The lowest BCUT2D eigenvalue weighted by atomic mass is 10.2. The van der Waals surface area contributed by atoms with Gasteiger partial charge < -0.3 is 20.3 Å².